The van der Waals surface area contributed by atoms with Crippen LogP contribution in [0.2, 0.25) is 0 Å². The van der Waals surface area contributed by atoms with E-state index >= 15 is 0 Å². The van der Waals surface area contributed by atoms with E-state index in [-0.39, 0.29) is 29.0 Å². The van der Waals surface area contributed by atoms with Gasteiger partial charge in [0.25, 0.3) is 5.91 Å². The smallest absolute Gasteiger partial charge is 0.274 e. The summed E-state index contributed by atoms with van der Waals surface area (Å²) < 4.78 is 39.9. The maximum absolute atomic E-state index is 13.7. The number of nitrogens with zero attached hydrogens (tertiary/aromatic N) is 5. The lowest BCUT2D eigenvalue weighted by Crippen LogP contribution is -2.50. The predicted octanol–water partition coefficient (Wildman–Crippen LogP) is 2.06. The molecule has 4 aliphatic heterocycles. The molecule has 0 N–H and O–H groups in total. The van der Waals surface area contributed by atoms with Gasteiger partial charge in [-0.15, -0.1) is 0 Å². The number of benzene rings is 1. The van der Waals surface area contributed by atoms with Crippen molar-refractivity contribution in [1.29, 1.82) is 0 Å². The Kier molecular flexibility index (Phi) is 7.30. The number of aromatic nitrogens is 2. The number of morpholine rings is 2. The Balaban J connectivity index is 1.30. The molecule has 11 heteroatoms. The maximum Gasteiger partial charge on any atom is 0.274 e. The van der Waals surface area contributed by atoms with Crippen molar-refractivity contribution in [1.82, 2.24) is 24.5 Å². The average molecular weight is 558 g/mol. The van der Waals surface area contributed by atoms with E-state index in [1.54, 1.807) is 17.0 Å². The Bertz CT molecular complexity index is 1330. The number of sulfone groups is 1. The molecule has 0 radical (unpaired) electrons. The molecule has 6 rings (SSSR count). The fourth-order valence-electron chi connectivity index (χ4n) is 6.47. The van der Waals surface area contributed by atoms with Crippen molar-refractivity contribution in [2.75, 3.05) is 72.2 Å². The summed E-state index contributed by atoms with van der Waals surface area (Å²) in [4.78, 5) is 20.7. The van der Waals surface area contributed by atoms with Crippen LogP contribution in [0.25, 0.3) is 11.3 Å². The number of ether oxygens (including phenoxy) is 2. The van der Waals surface area contributed by atoms with Crippen molar-refractivity contribution in [3.8, 4) is 11.3 Å². The lowest BCUT2D eigenvalue weighted by Gasteiger charge is -2.40. The molecule has 1 amide bonds. The summed E-state index contributed by atoms with van der Waals surface area (Å²) in [5.41, 5.74) is 2.14. The van der Waals surface area contributed by atoms with Gasteiger partial charge in [-0.3, -0.25) is 19.3 Å². The number of hydrogen-bond acceptors (Lipinski definition) is 8. The summed E-state index contributed by atoms with van der Waals surface area (Å²) in [6.45, 7) is 12.6. The molecule has 1 aromatic carbocycles. The van der Waals surface area contributed by atoms with Crippen LogP contribution < -0.4 is 0 Å². The van der Waals surface area contributed by atoms with Crippen LogP contribution in [0.4, 0.5) is 0 Å². The SMILES string of the molecule is CC1(C)CN(CCN2CCC[C@H](n3nc(C(=O)N4CCOCC4)c4c3-c3ccccc3S(=O)(=O)C4)C2)CCO1. The number of amides is 1. The minimum absolute atomic E-state index is 0.0636. The molecule has 3 fully saturated rings. The zero-order valence-electron chi connectivity index (χ0n) is 23.0. The van der Waals surface area contributed by atoms with Crippen LogP contribution in [-0.2, 0) is 25.1 Å². The Morgan fingerprint density at radius 3 is 2.62 bits per heavy atom. The van der Waals surface area contributed by atoms with Gasteiger partial charge in [0.1, 0.15) is 0 Å². The Hall–Kier alpha value is -2.31. The van der Waals surface area contributed by atoms with Crippen molar-refractivity contribution >= 4 is 15.7 Å². The van der Waals surface area contributed by atoms with Gasteiger partial charge in [0.05, 0.1) is 47.8 Å². The Morgan fingerprint density at radius 1 is 1.05 bits per heavy atom. The van der Waals surface area contributed by atoms with Crippen molar-refractivity contribution < 1.29 is 22.7 Å². The molecular formula is C28H39N5O5S. The summed E-state index contributed by atoms with van der Waals surface area (Å²) >= 11 is 0. The number of carbonyl (C=O) groups is 1. The van der Waals surface area contributed by atoms with E-state index in [1.807, 2.05) is 16.8 Å². The van der Waals surface area contributed by atoms with Crippen LogP contribution in [0.5, 0.6) is 0 Å². The second-order valence-electron chi connectivity index (χ2n) is 11.8. The van der Waals surface area contributed by atoms with E-state index in [1.165, 1.54) is 0 Å². The zero-order chi connectivity index (χ0) is 27.2. The molecule has 212 valence electrons. The summed E-state index contributed by atoms with van der Waals surface area (Å²) in [6.07, 6.45) is 1.97. The highest BCUT2D eigenvalue weighted by Crippen LogP contribution is 2.42. The molecule has 0 saturated carbocycles. The van der Waals surface area contributed by atoms with E-state index in [0.717, 1.165) is 64.4 Å². The number of hydrogen-bond donors (Lipinski definition) is 0. The van der Waals surface area contributed by atoms with Crippen molar-refractivity contribution in [3.05, 3.63) is 35.5 Å². The fraction of sp³-hybridized carbons (Fsp3) is 0.643. The molecule has 0 aliphatic carbocycles. The first-order valence-corrected chi connectivity index (χ1v) is 15.8. The summed E-state index contributed by atoms with van der Waals surface area (Å²) in [6, 6.07) is 7.21. The van der Waals surface area contributed by atoms with E-state index in [0.29, 0.717) is 42.3 Å². The minimum atomic E-state index is -3.58. The van der Waals surface area contributed by atoms with Crippen LogP contribution in [0, 0.1) is 0 Å². The quantitative estimate of drug-likeness (QED) is 0.551. The third-order valence-corrected chi connectivity index (χ3v) is 10.1. The van der Waals surface area contributed by atoms with Gasteiger partial charge in [-0.1, -0.05) is 18.2 Å². The van der Waals surface area contributed by atoms with Crippen LogP contribution in [0.3, 0.4) is 0 Å². The molecule has 10 nitrogen and oxygen atoms in total. The number of piperidine rings is 1. The molecule has 0 spiro atoms. The predicted molar refractivity (Wildman–Crippen MR) is 146 cm³/mol. The van der Waals surface area contributed by atoms with Crippen LogP contribution in [0.15, 0.2) is 29.2 Å². The molecule has 0 unspecified atom stereocenters. The molecule has 1 aromatic heterocycles. The second kappa shape index (κ2) is 10.6. The topological polar surface area (TPSA) is 97.2 Å². The lowest BCUT2D eigenvalue weighted by atomic mass is 10.0. The van der Waals surface area contributed by atoms with Crippen molar-refractivity contribution in [2.45, 2.75) is 49.0 Å². The van der Waals surface area contributed by atoms with Gasteiger partial charge >= 0.3 is 0 Å². The zero-order valence-corrected chi connectivity index (χ0v) is 23.8. The highest BCUT2D eigenvalue weighted by Gasteiger charge is 2.39. The van der Waals surface area contributed by atoms with Gasteiger partial charge in [-0.2, -0.15) is 5.10 Å². The van der Waals surface area contributed by atoms with Crippen LogP contribution >= 0.6 is 0 Å². The van der Waals surface area contributed by atoms with Gasteiger partial charge in [0, 0.05) is 56.9 Å². The van der Waals surface area contributed by atoms with E-state index in [9.17, 15) is 13.2 Å². The van der Waals surface area contributed by atoms with Gasteiger partial charge < -0.3 is 14.4 Å². The van der Waals surface area contributed by atoms with E-state index in [2.05, 4.69) is 23.6 Å². The molecular weight excluding hydrogens is 518 g/mol. The Labute approximate surface area is 230 Å². The Morgan fingerprint density at radius 2 is 1.82 bits per heavy atom. The number of carbonyl (C=O) groups excluding carboxylic acids is 1. The molecule has 2 aromatic rings. The van der Waals surface area contributed by atoms with Gasteiger partial charge in [0.15, 0.2) is 15.5 Å². The molecule has 4 aliphatic rings. The second-order valence-corrected chi connectivity index (χ2v) is 13.7. The average Bonchev–Trinajstić information content (AvgIpc) is 3.30. The third kappa shape index (κ3) is 5.39. The first-order valence-electron chi connectivity index (χ1n) is 14.1. The van der Waals surface area contributed by atoms with Crippen molar-refractivity contribution in [2.24, 2.45) is 0 Å². The van der Waals surface area contributed by atoms with E-state index in [4.69, 9.17) is 14.6 Å². The first-order chi connectivity index (χ1) is 18.7. The molecule has 1 atom stereocenters. The maximum atomic E-state index is 13.7. The first kappa shape index (κ1) is 26.9. The molecule has 0 bridgehead atoms. The van der Waals surface area contributed by atoms with E-state index < -0.39 is 9.84 Å². The monoisotopic (exact) mass is 557 g/mol. The molecule has 3 saturated heterocycles. The highest BCUT2D eigenvalue weighted by atomic mass is 32.2. The normalized spacial score (nSPS) is 25.2. The van der Waals surface area contributed by atoms with Crippen LogP contribution in [0.1, 0.15) is 48.8 Å². The number of fused-ring (bicyclic) bond motifs is 3. The number of likely N-dealkylation sites (tertiary alicyclic amines) is 1. The summed E-state index contributed by atoms with van der Waals surface area (Å²) in [7, 11) is -3.58. The van der Waals surface area contributed by atoms with Crippen LogP contribution in [-0.4, -0.2) is 117 Å². The fourth-order valence-corrected chi connectivity index (χ4v) is 8.06. The van der Waals surface area contributed by atoms with Crippen molar-refractivity contribution in [3.63, 3.8) is 0 Å². The summed E-state index contributed by atoms with van der Waals surface area (Å²) in [5.74, 6) is -0.404. The van der Waals surface area contributed by atoms with Gasteiger partial charge in [-0.25, -0.2) is 8.42 Å². The molecule has 5 heterocycles. The minimum Gasteiger partial charge on any atom is -0.378 e. The largest absolute Gasteiger partial charge is 0.378 e. The van der Waals surface area contributed by atoms with Gasteiger partial charge in [0.2, 0.25) is 0 Å². The highest BCUT2D eigenvalue weighted by molar-refractivity contribution is 7.90. The number of rotatable bonds is 5. The summed E-state index contributed by atoms with van der Waals surface area (Å²) in [5, 5.41) is 4.93. The lowest BCUT2D eigenvalue weighted by molar-refractivity contribution is -0.0874. The third-order valence-electron chi connectivity index (χ3n) is 8.38. The standard InChI is InChI=1S/C28H39N5O5S/c1-28(2)20-31(12-17-38-28)11-10-30-9-5-6-21(18-30)33-26-22-7-3-4-8-24(22)39(35,36)19-23(26)25(29-33)27(34)32-13-15-37-16-14-32/h3-4,7-8,21H,5-6,9-20H2,1-2H3/t21-/m0/s1. The van der Waals surface area contributed by atoms with Gasteiger partial charge in [-0.05, 0) is 39.3 Å². The molecule has 39 heavy (non-hydrogen) atoms.